The Morgan fingerprint density at radius 2 is 1.92 bits per heavy atom. The van der Waals surface area contributed by atoms with Crippen molar-refractivity contribution in [2.75, 3.05) is 43.0 Å². The number of aliphatic hydroxyl groups excluding tert-OH is 1. The number of aromatic nitrogens is 2. The van der Waals surface area contributed by atoms with Crippen LogP contribution in [0.4, 0.5) is 22.1 Å². The van der Waals surface area contributed by atoms with E-state index in [1.807, 2.05) is 32.9 Å². The number of hydrogen-bond acceptors (Lipinski definition) is 8. The van der Waals surface area contributed by atoms with Gasteiger partial charge in [0.2, 0.25) is 0 Å². The van der Waals surface area contributed by atoms with E-state index in [-0.39, 0.29) is 24.3 Å². The Morgan fingerprint density at radius 1 is 1.19 bits per heavy atom. The molecule has 2 aromatic rings. The molecule has 0 unspecified atom stereocenters. The molecular weight excluding hydrogens is 456 g/mol. The molecule has 36 heavy (non-hydrogen) atoms. The minimum Gasteiger partial charge on any atom is -0.444 e. The fourth-order valence-electron chi connectivity index (χ4n) is 4.82. The summed E-state index contributed by atoms with van der Waals surface area (Å²) in [5.41, 5.74) is 1.82. The van der Waals surface area contributed by atoms with Crippen LogP contribution >= 0.6 is 0 Å². The van der Waals surface area contributed by atoms with Crippen LogP contribution in [0.25, 0.3) is 0 Å². The number of nitriles is 1. The molecule has 9 heteroatoms. The van der Waals surface area contributed by atoms with Crippen molar-refractivity contribution in [3.63, 3.8) is 0 Å². The summed E-state index contributed by atoms with van der Waals surface area (Å²) >= 11 is 0. The van der Waals surface area contributed by atoms with Crippen LogP contribution in [0.1, 0.15) is 63.6 Å². The second kappa shape index (κ2) is 11.1. The van der Waals surface area contributed by atoms with Crippen LogP contribution in [0, 0.1) is 17.2 Å². The van der Waals surface area contributed by atoms with Gasteiger partial charge in [-0.15, -0.1) is 0 Å². The third-order valence-corrected chi connectivity index (χ3v) is 6.76. The van der Waals surface area contributed by atoms with E-state index in [9.17, 15) is 15.2 Å². The van der Waals surface area contributed by atoms with Gasteiger partial charge in [-0.25, -0.2) is 14.8 Å². The molecule has 2 aliphatic rings. The molecule has 0 spiro atoms. The molecule has 1 aromatic heterocycles. The highest BCUT2D eigenvalue weighted by molar-refractivity contribution is 5.68. The van der Waals surface area contributed by atoms with Crippen molar-refractivity contribution in [2.24, 2.45) is 5.92 Å². The van der Waals surface area contributed by atoms with Crippen molar-refractivity contribution < 1.29 is 14.6 Å². The molecule has 1 atom stereocenters. The topological polar surface area (TPSA) is 115 Å². The zero-order valence-corrected chi connectivity index (χ0v) is 21.4. The Bertz CT molecular complexity index is 1080. The summed E-state index contributed by atoms with van der Waals surface area (Å²) in [6.07, 6.45) is 5.18. The minimum absolute atomic E-state index is 0.164. The highest BCUT2D eigenvalue weighted by atomic mass is 16.6. The predicted octanol–water partition coefficient (Wildman–Crippen LogP) is 4.42. The second-order valence-electron chi connectivity index (χ2n) is 10.7. The number of aliphatic hydroxyl groups is 1. The summed E-state index contributed by atoms with van der Waals surface area (Å²) in [4.78, 5) is 25.3. The number of amides is 1. The van der Waals surface area contributed by atoms with Gasteiger partial charge in [-0.05, 0) is 76.0 Å². The number of nitrogens with one attached hydrogen (secondary N) is 1. The molecule has 192 valence electrons. The van der Waals surface area contributed by atoms with E-state index in [2.05, 4.69) is 33.4 Å². The van der Waals surface area contributed by atoms with Crippen molar-refractivity contribution in [3.05, 3.63) is 41.7 Å². The lowest BCUT2D eigenvalue weighted by Gasteiger charge is -2.33. The van der Waals surface area contributed by atoms with Crippen molar-refractivity contribution in [1.82, 2.24) is 14.9 Å². The van der Waals surface area contributed by atoms with E-state index in [1.165, 1.54) is 5.56 Å². The lowest BCUT2D eigenvalue weighted by molar-refractivity contribution is 0.0205. The molecule has 4 rings (SSSR count). The lowest BCUT2D eigenvalue weighted by Crippen LogP contribution is -2.41. The Hall–Kier alpha value is -3.38. The number of nitrogens with zero attached hydrogens (tertiary/aromatic N) is 5. The first-order valence-corrected chi connectivity index (χ1v) is 12.7. The fourth-order valence-corrected chi connectivity index (χ4v) is 4.82. The van der Waals surface area contributed by atoms with Crippen LogP contribution in [0.2, 0.25) is 0 Å². The summed E-state index contributed by atoms with van der Waals surface area (Å²) in [6.45, 7) is 8.77. The molecule has 0 bridgehead atoms. The number of benzene rings is 1. The minimum atomic E-state index is -0.484. The second-order valence-corrected chi connectivity index (χ2v) is 10.7. The zero-order chi connectivity index (χ0) is 25.7. The van der Waals surface area contributed by atoms with Crippen LogP contribution in [0.5, 0.6) is 0 Å². The summed E-state index contributed by atoms with van der Waals surface area (Å²) < 4.78 is 5.50. The number of carbonyl (C=O) groups is 1. The van der Waals surface area contributed by atoms with Crippen LogP contribution in [-0.4, -0.2) is 64.5 Å². The van der Waals surface area contributed by atoms with Gasteiger partial charge in [0.05, 0.1) is 6.20 Å². The number of carbonyl (C=O) groups excluding carboxylic acids is 1. The maximum absolute atomic E-state index is 12.3. The van der Waals surface area contributed by atoms with Gasteiger partial charge in [-0.1, -0.05) is 12.1 Å². The van der Waals surface area contributed by atoms with E-state index >= 15 is 0 Å². The van der Waals surface area contributed by atoms with Gasteiger partial charge in [0.1, 0.15) is 17.5 Å². The van der Waals surface area contributed by atoms with Gasteiger partial charge in [-0.3, -0.25) is 0 Å². The fraction of sp³-hybridized carbons (Fsp3) is 0.556. The molecule has 2 saturated heterocycles. The van der Waals surface area contributed by atoms with E-state index in [0.717, 1.165) is 44.5 Å². The maximum Gasteiger partial charge on any atom is 0.410 e. The molecular formula is C27H36N6O3. The van der Waals surface area contributed by atoms with E-state index in [1.54, 1.807) is 11.1 Å². The molecule has 0 radical (unpaired) electrons. The Labute approximate surface area is 213 Å². The van der Waals surface area contributed by atoms with Gasteiger partial charge < -0.3 is 25.0 Å². The van der Waals surface area contributed by atoms with Crippen LogP contribution in [0.15, 0.2) is 30.5 Å². The van der Waals surface area contributed by atoms with Gasteiger partial charge >= 0.3 is 6.09 Å². The van der Waals surface area contributed by atoms with Crippen molar-refractivity contribution in [2.45, 2.75) is 58.0 Å². The molecule has 9 nitrogen and oxygen atoms in total. The molecule has 2 N–H and O–H groups in total. The molecule has 2 aliphatic heterocycles. The van der Waals surface area contributed by atoms with E-state index in [0.29, 0.717) is 30.6 Å². The summed E-state index contributed by atoms with van der Waals surface area (Å²) in [5, 5.41) is 22.3. The lowest BCUT2D eigenvalue weighted by atomic mass is 9.89. The highest BCUT2D eigenvalue weighted by Crippen LogP contribution is 2.30. The SMILES string of the molecule is CC(C)(C)OC(=O)N1CCC(c2ccc(Nc3nc(N4CCC[C@@H](CO)C4)cnc3C#N)cc2)CC1. The van der Waals surface area contributed by atoms with Gasteiger partial charge in [0.25, 0.3) is 0 Å². The summed E-state index contributed by atoms with van der Waals surface area (Å²) in [6, 6.07) is 10.3. The van der Waals surface area contributed by atoms with Crippen molar-refractivity contribution in [3.8, 4) is 6.07 Å². The molecule has 1 amide bonds. The quantitative estimate of drug-likeness (QED) is 0.631. The smallest absolute Gasteiger partial charge is 0.410 e. The van der Waals surface area contributed by atoms with Crippen LogP contribution < -0.4 is 10.2 Å². The Kier molecular flexibility index (Phi) is 7.94. The number of rotatable bonds is 5. The standard InChI is InChI=1S/C27H36N6O3/c1-27(2,3)36-26(35)32-13-10-21(11-14-32)20-6-8-22(9-7-20)30-25-23(15-28)29-16-24(31-25)33-12-4-5-19(17-33)18-34/h6-9,16,19,21,34H,4-5,10-14,17-18H2,1-3H3,(H,30,31)/t19-/m1/s1. The first-order chi connectivity index (χ1) is 17.3. The first-order valence-electron chi connectivity index (χ1n) is 12.7. The van der Waals surface area contributed by atoms with Gasteiger partial charge in [-0.2, -0.15) is 5.26 Å². The Balaban J connectivity index is 1.39. The predicted molar refractivity (Wildman–Crippen MR) is 138 cm³/mol. The highest BCUT2D eigenvalue weighted by Gasteiger charge is 2.27. The zero-order valence-electron chi connectivity index (χ0n) is 21.4. The molecule has 3 heterocycles. The number of ether oxygens (including phenoxy) is 1. The average molecular weight is 493 g/mol. The Morgan fingerprint density at radius 3 is 2.56 bits per heavy atom. The number of hydrogen-bond donors (Lipinski definition) is 2. The summed E-state index contributed by atoms with van der Waals surface area (Å²) in [5.74, 6) is 1.76. The van der Waals surface area contributed by atoms with Crippen LogP contribution in [-0.2, 0) is 4.74 Å². The van der Waals surface area contributed by atoms with Gasteiger partial charge in [0, 0.05) is 38.5 Å². The average Bonchev–Trinajstić information content (AvgIpc) is 2.88. The number of anilines is 3. The third-order valence-electron chi connectivity index (χ3n) is 6.76. The molecule has 0 aliphatic carbocycles. The number of piperidine rings is 2. The van der Waals surface area contributed by atoms with E-state index < -0.39 is 5.60 Å². The van der Waals surface area contributed by atoms with E-state index in [4.69, 9.17) is 9.72 Å². The molecule has 2 fully saturated rings. The van der Waals surface area contributed by atoms with Crippen LogP contribution in [0.3, 0.4) is 0 Å². The third kappa shape index (κ3) is 6.43. The van der Waals surface area contributed by atoms with Crippen molar-refractivity contribution in [1.29, 1.82) is 5.26 Å². The van der Waals surface area contributed by atoms with Crippen molar-refractivity contribution >= 4 is 23.4 Å². The largest absolute Gasteiger partial charge is 0.444 e. The molecule has 1 aromatic carbocycles. The maximum atomic E-state index is 12.3. The first kappa shape index (κ1) is 25.7. The molecule has 0 saturated carbocycles. The van der Waals surface area contributed by atoms with Gasteiger partial charge in [0.15, 0.2) is 11.5 Å². The monoisotopic (exact) mass is 492 g/mol. The summed E-state index contributed by atoms with van der Waals surface area (Å²) in [7, 11) is 0. The number of likely N-dealkylation sites (tertiary alicyclic amines) is 1. The normalized spacial score (nSPS) is 19.0.